The van der Waals surface area contributed by atoms with E-state index in [0.29, 0.717) is 0 Å². The molecule has 1 atom stereocenters. The lowest BCUT2D eigenvalue weighted by Crippen LogP contribution is -2.48. The van der Waals surface area contributed by atoms with E-state index < -0.39 is 18.5 Å². The van der Waals surface area contributed by atoms with Gasteiger partial charge in [0.1, 0.15) is 0 Å². The number of rotatable bonds is 3. The molecule has 0 radical (unpaired) electrons. The van der Waals surface area contributed by atoms with Crippen LogP contribution in [-0.2, 0) is 9.47 Å². The zero-order valence-electron chi connectivity index (χ0n) is 6.18. The summed E-state index contributed by atoms with van der Waals surface area (Å²) in [4.78, 5) is 0. The highest BCUT2D eigenvalue weighted by Gasteiger charge is 2.42. The van der Waals surface area contributed by atoms with Crippen LogP contribution in [0, 0.1) is 0 Å². The molecule has 0 saturated carbocycles. The molecular weight excluding hydrogens is 163 g/mol. The number of alkyl halides is 3. The van der Waals surface area contributed by atoms with Gasteiger partial charge in [0.25, 0.3) is 0 Å². The molecule has 0 aromatic heterocycles. The Morgan fingerprint density at radius 2 is 1.55 bits per heavy atom. The van der Waals surface area contributed by atoms with Crippen molar-refractivity contribution >= 4 is 0 Å². The topological polar surface area (TPSA) is 44.5 Å². The number of nitrogens with two attached hydrogens (primary N) is 1. The van der Waals surface area contributed by atoms with Crippen molar-refractivity contribution in [3.05, 3.63) is 0 Å². The number of halogens is 3. The monoisotopic (exact) mass is 173 g/mol. The van der Waals surface area contributed by atoms with Gasteiger partial charge in [0, 0.05) is 14.2 Å². The summed E-state index contributed by atoms with van der Waals surface area (Å²) in [7, 11) is 2.19. The average Bonchev–Trinajstić information content (AvgIpc) is 1.88. The van der Waals surface area contributed by atoms with E-state index in [1.807, 2.05) is 0 Å². The predicted molar refractivity (Wildman–Crippen MR) is 31.8 cm³/mol. The molecule has 0 spiro atoms. The standard InChI is InChI=1S/C5H10F3NO2/c1-10-4(11-2)3(9)5(6,7)8/h3-4H,9H2,1-2H3. The highest BCUT2D eigenvalue weighted by atomic mass is 19.4. The summed E-state index contributed by atoms with van der Waals surface area (Å²) >= 11 is 0. The summed E-state index contributed by atoms with van der Waals surface area (Å²) in [6.07, 6.45) is -5.92. The number of methoxy groups -OCH3 is 2. The van der Waals surface area contributed by atoms with E-state index in [-0.39, 0.29) is 0 Å². The van der Waals surface area contributed by atoms with Crippen molar-refractivity contribution in [1.29, 1.82) is 0 Å². The van der Waals surface area contributed by atoms with Crippen LogP contribution in [0.3, 0.4) is 0 Å². The van der Waals surface area contributed by atoms with Gasteiger partial charge in [-0.05, 0) is 0 Å². The molecule has 68 valence electrons. The van der Waals surface area contributed by atoms with E-state index in [1.54, 1.807) is 0 Å². The van der Waals surface area contributed by atoms with E-state index >= 15 is 0 Å². The van der Waals surface area contributed by atoms with Crippen LogP contribution in [0.1, 0.15) is 0 Å². The second-order valence-electron chi connectivity index (χ2n) is 1.91. The van der Waals surface area contributed by atoms with Gasteiger partial charge in [-0.2, -0.15) is 13.2 Å². The van der Waals surface area contributed by atoms with Crippen LogP contribution in [0.15, 0.2) is 0 Å². The summed E-state index contributed by atoms with van der Waals surface area (Å²) in [6.45, 7) is 0. The third kappa shape index (κ3) is 3.04. The third-order valence-corrected chi connectivity index (χ3v) is 1.14. The zero-order valence-corrected chi connectivity index (χ0v) is 6.18. The van der Waals surface area contributed by atoms with Crippen molar-refractivity contribution in [2.75, 3.05) is 14.2 Å². The van der Waals surface area contributed by atoms with Crippen LogP contribution in [0.2, 0.25) is 0 Å². The Labute approximate surface area is 62.3 Å². The Morgan fingerprint density at radius 1 is 1.18 bits per heavy atom. The lowest BCUT2D eigenvalue weighted by molar-refractivity contribution is -0.221. The Hall–Kier alpha value is -0.330. The van der Waals surface area contributed by atoms with E-state index in [4.69, 9.17) is 5.73 Å². The first kappa shape index (κ1) is 10.7. The molecule has 0 rings (SSSR count). The summed E-state index contributed by atoms with van der Waals surface area (Å²) < 4.78 is 44.0. The summed E-state index contributed by atoms with van der Waals surface area (Å²) in [5, 5.41) is 0. The summed E-state index contributed by atoms with van der Waals surface area (Å²) in [5.74, 6) is 0. The molecule has 0 bridgehead atoms. The van der Waals surface area contributed by atoms with Crippen LogP contribution in [-0.4, -0.2) is 32.7 Å². The first-order valence-electron chi connectivity index (χ1n) is 2.81. The minimum atomic E-state index is -4.49. The maximum Gasteiger partial charge on any atom is 0.408 e. The van der Waals surface area contributed by atoms with Gasteiger partial charge in [-0.3, -0.25) is 0 Å². The highest BCUT2D eigenvalue weighted by molar-refractivity contribution is 4.73. The van der Waals surface area contributed by atoms with Gasteiger partial charge in [-0.15, -0.1) is 0 Å². The lowest BCUT2D eigenvalue weighted by atomic mass is 10.3. The molecule has 0 fully saturated rings. The van der Waals surface area contributed by atoms with Gasteiger partial charge in [0.2, 0.25) is 0 Å². The minimum absolute atomic E-state index is 1.10. The largest absolute Gasteiger partial charge is 0.408 e. The number of hydrogen-bond acceptors (Lipinski definition) is 3. The normalized spacial score (nSPS) is 15.5. The first-order valence-corrected chi connectivity index (χ1v) is 2.81. The maximum atomic E-state index is 11.8. The Kier molecular flexibility index (Phi) is 3.77. The smallest absolute Gasteiger partial charge is 0.354 e. The second-order valence-corrected chi connectivity index (χ2v) is 1.91. The second kappa shape index (κ2) is 3.89. The van der Waals surface area contributed by atoms with Crippen LogP contribution < -0.4 is 5.73 Å². The molecule has 0 aromatic rings. The maximum absolute atomic E-state index is 11.8. The molecule has 0 aliphatic carbocycles. The van der Waals surface area contributed by atoms with E-state index in [0.717, 1.165) is 14.2 Å². The van der Waals surface area contributed by atoms with Crippen LogP contribution in [0.5, 0.6) is 0 Å². The molecule has 0 amide bonds. The minimum Gasteiger partial charge on any atom is -0.354 e. The van der Waals surface area contributed by atoms with Gasteiger partial charge < -0.3 is 15.2 Å². The van der Waals surface area contributed by atoms with Crippen LogP contribution >= 0.6 is 0 Å². The molecule has 11 heavy (non-hydrogen) atoms. The van der Waals surface area contributed by atoms with Crippen molar-refractivity contribution in [2.45, 2.75) is 18.5 Å². The van der Waals surface area contributed by atoms with Gasteiger partial charge in [0.15, 0.2) is 12.3 Å². The fourth-order valence-electron chi connectivity index (χ4n) is 0.544. The first-order chi connectivity index (χ1) is 4.93. The average molecular weight is 173 g/mol. The molecule has 0 aromatic carbocycles. The summed E-state index contributed by atoms with van der Waals surface area (Å²) in [5.41, 5.74) is 4.74. The molecule has 0 aliphatic rings. The number of hydrogen-bond donors (Lipinski definition) is 1. The molecule has 2 N–H and O–H groups in total. The van der Waals surface area contributed by atoms with E-state index in [2.05, 4.69) is 9.47 Å². The van der Waals surface area contributed by atoms with Crippen molar-refractivity contribution in [1.82, 2.24) is 0 Å². The van der Waals surface area contributed by atoms with Crippen molar-refractivity contribution in [3.8, 4) is 0 Å². The Morgan fingerprint density at radius 3 is 1.64 bits per heavy atom. The Bertz CT molecular complexity index is 113. The molecule has 1 unspecified atom stereocenters. The van der Waals surface area contributed by atoms with Crippen molar-refractivity contribution in [3.63, 3.8) is 0 Å². The quantitative estimate of drug-likeness (QED) is 0.632. The van der Waals surface area contributed by atoms with Gasteiger partial charge >= 0.3 is 6.18 Å². The fraction of sp³-hybridized carbons (Fsp3) is 1.00. The van der Waals surface area contributed by atoms with Gasteiger partial charge in [-0.1, -0.05) is 0 Å². The molecule has 0 aliphatic heterocycles. The zero-order chi connectivity index (χ0) is 9.07. The molecule has 3 nitrogen and oxygen atoms in total. The van der Waals surface area contributed by atoms with Gasteiger partial charge in [-0.25, -0.2) is 0 Å². The SMILES string of the molecule is COC(OC)C(N)C(F)(F)F. The molecule has 0 heterocycles. The van der Waals surface area contributed by atoms with Gasteiger partial charge in [0.05, 0.1) is 0 Å². The predicted octanol–water partition coefficient (Wildman–Crippen LogP) is 0.495. The van der Waals surface area contributed by atoms with E-state index in [9.17, 15) is 13.2 Å². The molecular formula is C5H10F3NO2. The Balaban J connectivity index is 4.09. The van der Waals surface area contributed by atoms with Crippen molar-refractivity contribution < 1.29 is 22.6 Å². The number of ether oxygens (including phenoxy) is 2. The van der Waals surface area contributed by atoms with Crippen molar-refractivity contribution in [2.24, 2.45) is 5.73 Å². The fourth-order valence-corrected chi connectivity index (χ4v) is 0.544. The summed E-state index contributed by atoms with van der Waals surface area (Å²) in [6, 6.07) is -2.10. The third-order valence-electron chi connectivity index (χ3n) is 1.14. The van der Waals surface area contributed by atoms with E-state index in [1.165, 1.54) is 0 Å². The molecule has 0 saturated heterocycles. The van der Waals surface area contributed by atoms with Crippen LogP contribution in [0.4, 0.5) is 13.2 Å². The highest BCUT2D eigenvalue weighted by Crippen LogP contribution is 2.21. The van der Waals surface area contributed by atoms with Crippen LogP contribution in [0.25, 0.3) is 0 Å². The molecule has 6 heteroatoms. The lowest BCUT2D eigenvalue weighted by Gasteiger charge is -2.22.